The summed E-state index contributed by atoms with van der Waals surface area (Å²) in [5.74, 6) is -0.320. The molecule has 0 spiro atoms. The maximum atomic E-state index is 12.4. The predicted molar refractivity (Wildman–Crippen MR) is 99.3 cm³/mol. The van der Waals surface area contributed by atoms with Crippen LogP contribution in [0.25, 0.3) is 0 Å². The van der Waals surface area contributed by atoms with Gasteiger partial charge in [-0.15, -0.1) is 0 Å². The Kier molecular flexibility index (Phi) is 6.33. The highest BCUT2D eigenvalue weighted by Gasteiger charge is 2.22. The number of benzene rings is 1. The second-order valence-electron chi connectivity index (χ2n) is 6.42. The van der Waals surface area contributed by atoms with Gasteiger partial charge in [0, 0.05) is 18.3 Å². The molecule has 0 radical (unpaired) electrons. The molecular weight excluding hydrogens is 328 g/mol. The van der Waals surface area contributed by atoms with Crippen LogP contribution in [0, 0.1) is 0 Å². The van der Waals surface area contributed by atoms with Gasteiger partial charge in [0.15, 0.2) is 0 Å². The van der Waals surface area contributed by atoms with Crippen molar-refractivity contribution in [2.24, 2.45) is 0 Å². The number of rotatable bonds is 7. The van der Waals surface area contributed by atoms with Crippen LogP contribution in [0.2, 0.25) is 0 Å². The number of hydrogen-bond acceptors (Lipinski definition) is 4. The third-order valence-corrected chi connectivity index (χ3v) is 4.48. The van der Waals surface area contributed by atoms with Crippen molar-refractivity contribution in [3.8, 4) is 0 Å². The normalized spacial score (nSPS) is 17.5. The number of nitrogens with zero attached hydrogens (tertiary/aromatic N) is 1. The van der Waals surface area contributed by atoms with Gasteiger partial charge in [-0.1, -0.05) is 36.4 Å². The lowest BCUT2D eigenvalue weighted by atomic mass is 10.0. The van der Waals surface area contributed by atoms with Crippen molar-refractivity contribution in [3.63, 3.8) is 0 Å². The summed E-state index contributed by atoms with van der Waals surface area (Å²) < 4.78 is 0. The van der Waals surface area contributed by atoms with E-state index in [-0.39, 0.29) is 30.4 Å². The number of carbonyl (C=O) groups excluding carboxylic acids is 2. The summed E-state index contributed by atoms with van der Waals surface area (Å²) in [5, 5.41) is 8.86. The number of nitrogens with one attached hydrogen (secondary N) is 3. The van der Waals surface area contributed by atoms with Crippen molar-refractivity contribution in [1.29, 1.82) is 0 Å². The maximum absolute atomic E-state index is 12.4. The monoisotopic (exact) mass is 352 g/mol. The Hall–Kier alpha value is -2.73. The Labute approximate surface area is 153 Å². The molecule has 136 valence electrons. The first-order chi connectivity index (χ1) is 12.7. The summed E-state index contributed by atoms with van der Waals surface area (Å²) in [4.78, 5) is 28.8. The minimum absolute atomic E-state index is 0.0252. The van der Waals surface area contributed by atoms with Gasteiger partial charge >= 0.3 is 0 Å². The Bertz CT molecular complexity index is 715. The van der Waals surface area contributed by atoms with Gasteiger partial charge in [-0.2, -0.15) is 0 Å². The minimum atomic E-state index is -0.207. The third-order valence-electron chi connectivity index (χ3n) is 4.48. The Morgan fingerprint density at radius 2 is 1.96 bits per heavy atom. The molecule has 3 N–H and O–H groups in total. The number of pyridine rings is 1. The zero-order chi connectivity index (χ0) is 18.2. The number of amides is 2. The third kappa shape index (κ3) is 5.13. The number of aromatic nitrogens is 1. The van der Waals surface area contributed by atoms with E-state index in [9.17, 15) is 9.59 Å². The van der Waals surface area contributed by atoms with Crippen molar-refractivity contribution in [2.45, 2.75) is 31.3 Å². The first kappa shape index (κ1) is 18.1. The van der Waals surface area contributed by atoms with Gasteiger partial charge in [-0.3, -0.25) is 14.6 Å². The number of hydrogen-bond donors (Lipinski definition) is 3. The van der Waals surface area contributed by atoms with Crippen LogP contribution in [0.15, 0.2) is 54.7 Å². The summed E-state index contributed by atoms with van der Waals surface area (Å²) in [7, 11) is 0. The second-order valence-corrected chi connectivity index (χ2v) is 6.42. The van der Waals surface area contributed by atoms with Crippen LogP contribution in [-0.4, -0.2) is 35.9 Å². The lowest BCUT2D eigenvalue weighted by Gasteiger charge is -2.19. The van der Waals surface area contributed by atoms with E-state index in [0.29, 0.717) is 6.42 Å². The van der Waals surface area contributed by atoms with Gasteiger partial charge in [-0.25, -0.2) is 0 Å². The molecule has 1 aliphatic heterocycles. The van der Waals surface area contributed by atoms with Crippen molar-refractivity contribution in [1.82, 2.24) is 20.9 Å². The molecule has 6 heteroatoms. The zero-order valence-corrected chi connectivity index (χ0v) is 14.7. The van der Waals surface area contributed by atoms with E-state index in [1.165, 1.54) is 0 Å². The van der Waals surface area contributed by atoms with Gasteiger partial charge in [0.05, 0.1) is 18.6 Å². The molecule has 26 heavy (non-hydrogen) atoms. The van der Waals surface area contributed by atoms with Crippen molar-refractivity contribution in [2.75, 3.05) is 13.1 Å². The fraction of sp³-hybridized carbons (Fsp3) is 0.350. The van der Waals surface area contributed by atoms with Crippen LogP contribution in [0.3, 0.4) is 0 Å². The molecule has 0 bridgehead atoms. The molecule has 3 rings (SSSR count). The summed E-state index contributed by atoms with van der Waals surface area (Å²) >= 11 is 0. The summed E-state index contributed by atoms with van der Waals surface area (Å²) in [6.45, 7) is 0.826. The molecule has 0 saturated carbocycles. The summed E-state index contributed by atoms with van der Waals surface area (Å²) in [6, 6.07) is 15.2. The molecule has 1 aromatic heterocycles. The quantitative estimate of drug-likeness (QED) is 0.702. The van der Waals surface area contributed by atoms with Crippen LogP contribution in [0.4, 0.5) is 0 Å². The minimum Gasteiger partial charge on any atom is -0.347 e. The molecule has 2 amide bonds. The topological polar surface area (TPSA) is 83.1 Å². The molecule has 0 aliphatic carbocycles. The van der Waals surface area contributed by atoms with E-state index in [0.717, 1.165) is 30.6 Å². The fourth-order valence-electron chi connectivity index (χ4n) is 3.11. The average molecular weight is 352 g/mol. The molecule has 1 unspecified atom stereocenters. The molecule has 1 saturated heterocycles. The van der Waals surface area contributed by atoms with Gasteiger partial charge in [0.1, 0.15) is 0 Å². The van der Waals surface area contributed by atoms with E-state index in [1.807, 2.05) is 48.5 Å². The van der Waals surface area contributed by atoms with Gasteiger partial charge < -0.3 is 16.0 Å². The molecule has 2 atom stereocenters. The molecule has 2 heterocycles. The van der Waals surface area contributed by atoms with E-state index >= 15 is 0 Å². The van der Waals surface area contributed by atoms with Crippen LogP contribution >= 0.6 is 0 Å². The highest BCUT2D eigenvalue weighted by atomic mass is 16.2. The Balaban J connectivity index is 1.59. The molecule has 1 aliphatic rings. The molecule has 2 aromatic rings. The number of carbonyl (C=O) groups is 2. The highest BCUT2D eigenvalue weighted by molar-refractivity contribution is 5.87. The lowest BCUT2D eigenvalue weighted by molar-refractivity contribution is -0.127. The Morgan fingerprint density at radius 3 is 2.65 bits per heavy atom. The molecule has 1 aromatic carbocycles. The fourth-order valence-corrected chi connectivity index (χ4v) is 3.11. The maximum Gasteiger partial charge on any atom is 0.239 e. The summed E-state index contributed by atoms with van der Waals surface area (Å²) in [6.07, 6.45) is 4.15. The van der Waals surface area contributed by atoms with Crippen LogP contribution < -0.4 is 16.0 Å². The highest BCUT2D eigenvalue weighted by Crippen LogP contribution is 2.17. The van der Waals surface area contributed by atoms with Crippen LogP contribution in [0.5, 0.6) is 0 Å². The molecule has 1 fully saturated rings. The standard InChI is InChI=1S/C20H24N4O2/c25-19(14-23-20(26)17-10-6-12-22-17)24-18(15-7-2-1-3-8-15)13-16-9-4-5-11-21-16/h1-5,7-9,11,17-18,22H,6,10,12-14H2,(H,23,26)(H,24,25)/t17-,18?/m1/s1. The van der Waals surface area contributed by atoms with Crippen LogP contribution in [0.1, 0.15) is 30.1 Å². The largest absolute Gasteiger partial charge is 0.347 e. The predicted octanol–water partition coefficient (Wildman–Crippen LogP) is 1.35. The SMILES string of the molecule is O=C(CNC(=O)[C@H]1CCCN1)NC(Cc1ccccn1)c1ccccc1. The first-order valence-electron chi connectivity index (χ1n) is 8.97. The van der Waals surface area contributed by atoms with Crippen molar-refractivity contribution < 1.29 is 9.59 Å². The molecule has 6 nitrogen and oxygen atoms in total. The van der Waals surface area contributed by atoms with E-state index in [1.54, 1.807) is 6.20 Å². The Morgan fingerprint density at radius 1 is 1.15 bits per heavy atom. The summed E-state index contributed by atoms with van der Waals surface area (Å²) in [5.41, 5.74) is 1.91. The zero-order valence-electron chi connectivity index (χ0n) is 14.7. The van der Waals surface area contributed by atoms with Gasteiger partial charge in [-0.05, 0) is 37.1 Å². The lowest BCUT2D eigenvalue weighted by Crippen LogP contribution is -2.45. The van der Waals surface area contributed by atoms with Crippen LogP contribution in [-0.2, 0) is 16.0 Å². The molecular formula is C20H24N4O2. The average Bonchev–Trinajstić information content (AvgIpc) is 3.22. The van der Waals surface area contributed by atoms with E-state index in [4.69, 9.17) is 0 Å². The second kappa shape index (κ2) is 9.10. The van der Waals surface area contributed by atoms with Crippen molar-refractivity contribution in [3.05, 3.63) is 66.0 Å². The smallest absolute Gasteiger partial charge is 0.239 e. The van der Waals surface area contributed by atoms with Crippen molar-refractivity contribution >= 4 is 11.8 Å². The van der Waals surface area contributed by atoms with E-state index in [2.05, 4.69) is 20.9 Å². The van der Waals surface area contributed by atoms with Gasteiger partial charge in [0.25, 0.3) is 0 Å². The van der Waals surface area contributed by atoms with E-state index < -0.39 is 0 Å². The van der Waals surface area contributed by atoms with Gasteiger partial charge in [0.2, 0.25) is 11.8 Å². The first-order valence-corrected chi connectivity index (χ1v) is 8.97.